The molecule has 0 aliphatic carbocycles. The summed E-state index contributed by atoms with van der Waals surface area (Å²) >= 11 is 0. The van der Waals surface area contributed by atoms with Gasteiger partial charge in [0, 0.05) is 32.2 Å². The second-order valence-corrected chi connectivity index (χ2v) is 5.62. The van der Waals surface area contributed by atoms with Crippen LogP contribution in [-0.4, -0.2) is 31.1 Å². The van der Waals surface area contributed by atoms with Crippen molar-refractivity contribution in [3.05, 3.63) is 47.5 Å². The van der Waals surface area contributed by atoms with Crippen LogP contribution < -0.4 is 5.32 Å². The minimum Gasteiger partial charge on any atom is -0.314 e. The molecule has 0 spiro atoms. The zero-order chi connectivity index (χ0) is 18.0. The van der Waals surface area contributed by atoms with Gasteiger partial charge >= 0.3 is 12.4 Å². The smallest absolute Gasteiger partial charge is 0.314 e. The monoisotopic (exact) mass is 352 g/mol. The van der Waals surface area contributed by atoms with Crippen molar-refractivity contribution in [2.75, 3.05) is 26.2 Å². The highest BCUT2D eigenvalue weighted by Crippen LogP contribution is 2.41. The first kappa shape index (κ1) is 18.8. The third kappa shape index (κ3) is 4.30. The van der Waals surface area contributed by atoms with E-state index in [0.29, 0.717) is 32.2 Å². The van der Waals surface area contributed by atoms with Crippen molar-refractivity contribution in [1.29, 1.82) is 0 Å². The number of nitrogens with zero attached hydrogens (tertiary/aromatic N) is 1. The lowest BCUT2D eigenvalue weighted by atomic mass is 9.93. The zero-order valence-electron chi connectivity index (χ0n) is 12.8. The van der Waals surface area contributed by atoms with E-state index in [1.807, 2.05) is 4.90 Å². The summed E-state index contributed by atoms with van der Waals surface area (Å²) in [7, 11) is 0. The number of halogens is 6. The summed E-state index contributed by atoms with van der Waals surface area (Å²) < 4.78 is 78.4. The Hall–Kier alpha value is -1.54. The molecule has 1 atom stereocenters. The molecule has 1 aliphatic rings. The molecule has 0 saturated carbocycles. The molecule has 1 aromatic carbocycles. The average molecular weight is 352 g/mol. The van der Waals surface area contributed by atoms with Gasteiger partial charge in [-0.05, 0) is 24.1 Å². The first-order valence-corrected chi connectivity index (χ1v) is 7.48. The highest BCUT2D eigenvalue weighted by atomic mass is 19.4. The fourth-order valence-electron chi connectivity index (χ4n) is 2.89. The molecule has 1 aliphatic heterocycles. The van der Waals surface area contributed by atoms with Crippen LogP contribution in [0.1, 0.15) is 29.2 Å². The summed E-state index contributed by atoms with van der Waals surface area (Å²) in [4.78, 5) is 1.84. The van der Waals surface area contributed by atoms with E-state index >= 15 is 0 Å². The van der Waals surface area contributed by atoms with Crippen molar-refractivity contribution < 1.29 is 26.3 Å². The van der Waals surface area contributed by atoms with Crippen molar-refractivity contribution in [2.24, 2.45) is 0 Å². The third-order valence-corrected chi connectivity index (χ3v) is 4.03. The van der Waals surface area contributed by atoms with Gasteiger partial charge in [0.25, 0.3) is 0 Å². The largest absolute Gasteiger partial charge is 0.416 e. The van der Waals surface area contributed by atoms with E-state index in [1.54, 1.807) is 0 Å². The van der Waals surface area contributed by atoms with Crippen LogP contribution in [0, 0.1) is 0 Å². The zero-order valence-corrected chi connectivity index (χ0v) is 12.8. The minimum absolute atomic E-state index is 0.141. The van der Waals surface area contributed by atoms with E-state index < -0.39 is 29.5 Å². The first-order chi connectivity index (χ1) is 11.1. The second-order valence-electron chi connectivity index (χ2n) is 5.62. The Morgan fingerprint density at radius 2 is 1.71 bits per heavy atom. The predicted molar refractivity (Wildman–Crippen MR) is 78.4 cm³/mol. The standard InChI is InChI=1S/C16H18F6N2/c1-2-3-14(24-8-6-23-7-9-24)12-5-4-11(15(17,18)19)10-13(12)16(20,21)22/h2,4-5,10,14,23H,1,3,6-9H2/t14-/m1/s1. The fourth-order valence-corrected chi connectivity index (χ4v) is 2.89. The summed E-state index contributed by atoms with van der Waals surface area (Å²) in [5.74, 6) is 0. The van der Waals surface area contributed by atoms with Crippen LogP contribution in [0.15, 0.2) is 30.9 Å². The Morgan fingerprint density at radius 1 is 1.08 bits per heavy atom. The molecular formula is C16H18F6N2. The van der Waals surface area contributed by atoms with Crippen molar-refractivity contribution in [2.45, 2.75) is 24.8 Å². The van der Waals surface area contributed by atoms with E-state index in [4.69, 9.17) is 0 Å². The van der Waals surface area contributed by atoms with Crippen LogP contribution in [-0.2, 0) is 12.4 Å². The van der Waals surface area contributed by atoms with Gasteiger partial charge in [0.05, 0.1) is 11.1 Å². The molecule has 0 amide bonds. The van der Waals surface area contributed by atoms with Crippen molar-refractivity contribution in [1.82, 2.24) is 10.2 Å². The highest BCUT2D eigenvalue weighted by molar-refractivity contribution is 5.38. The van der Waals surface area contributed by atoms with Crippen LogP contribution in [0.5, 0.6) is 0 Å². The number of alkyl halides is 6. The molecule has 1 N–H and O–H groups in total. The summed E-state index contributed by atoms with van der Waals surface area (Å²) in [6.07, 6.45) is -7.95. The quantitative estimate of drug-likeness (QED) is 0.644. The van der Waals surface area contributed by atoms with Gasteiger partial charge in [-0.1, -0.05) is 12.1 Å². The Labute approximate surface area is 136 Å². The van der Waals surface area contributed by atoms with Gasteiger partial charge in [0.1, 0.15) is 0 Å². The molecule has 2 rings (SSSR count). The Morgan fingerprint density at radius 3 is 2.21 bits per heavy atom. The summed E-state index contributed by atoms with van der Waals surface area (Å²) in [6, 6.07) is 1.21. The van der Waals surface area contributed by atoms with Gasteiger partial charge in [-0.25, -0.2) is 0 Å². The molecule has 2 nitrogen and oxygen atoms in total. The van der Waals surface area contributed by atoms with Crippen LogP contribution >= 0.6 is 0 Å². The number of benzene rings is 1. The number of hydrogen-bond donors (Lipinski definition) is 1. The molecule has 0 bridgehead atoms. The maximum absolute atomic E-state index is 13.4. The lowest BCUT2D eigenvalue weighted by Crippen LogP contribution is -2.45. The molecule has 0 aromatic heterocycles. The molecule has 1 saturated heterocycles. The number of hydrogen-bond acceptors (Lipinski definition) is 2. The fraction of sp³-hybridized carbons (Fsp3) is 0.500. The predicted octanol–water partition coefficient (Wildman–Crippen LogP) is 4.25. The normalized spacial score (nSPS) is 18.4. The Balaban J connectivity index is 2.50. The second kappa shape index (κ2) is 7.14. The molecular weight excluding hydrogens is 334 g/mol. The Kier molecular flexibility index (Phi) is 5.59. The third-order valence-electron chi connectivity index (χ3n) is 4.03. The van der Waals surface area contributed by atoms with Gasteiger partial charge in [0.2, 0.25) is 0 Å². The highest BCUT2D eigenvalue weighted by Gasteiger charge is 2.40. The van der Waals surface area contributed by atoms with Crippen LogP contribution in [0.2, 0.25) is 0 Å². The maximum Gasteiger partial charge on any atom is 0.416 e. The number of nitrogens with one attached hydrogen (secondary N) is 1. The van der Waals surface area contributed by atoms with Gasteiger partial charge < -0.3 is 5.32 Å². The molecule has 0 radical (unpaired) electrons. The van der Waals surface area contributed by atoms with E-state index in [9.17, 15) is 26.3 Å². The summed E-state index contributed by atoms with van der Waals surface area (Å²) in [6.45, 7) is 5.86. The minimum atomic E-state index is -4.86. The topological polar surface area (TPSA) is 15.3 Å². The molecule has 1 aromatic rings. The van der Waals surface area contributed by atoms with Gasteiger partial charge in [0.15, 0.2) is 0 Å². The number of piperazine rings is 1. The van der Waals surface area contributed by atoms with E-state index in [2.05, 4.69) is 11.9 Å². The maximum atomic E-state index is 13.4. The first-order valence-electron chi connectivity index (χ1n) is 7.48. The molecule has 0 unspecified atom stereocenters. The summed E-state index contributed by atoms with van der Waals surface area (Å²) in [5.41, 5.74) is -2.67. The molecule has 1 fully saturated rings. The SMILES string of the molecule is C=CC[C@H](c1ccc(C(F)(F)F)cc1C(F)(F)F)N1CCNCC1. The van der Waals surface area contributed by atoms with Gasteiger partial charge in [-0.2, -0.15) is 26.3 Å². The number of rotatable bonds is 4. The average Bonchev–Trinajstić information content (AvgIpc) is 2.51. The lowest BCUT2D eigenvalue weighted by Gasteiger charge is -2.36. The van der Waals surface area contributed by atoms with Crippen molar-refractivity contribution >= 4 is 0 Å². The van der Waals surface area contributed by atoms with Crippen molar-refractivity contribution in [3.63, 3.8) is 0 Å². The van der Waals surface area contributed by atoms with Crippen LogP contribution in [0.25, 0.3) is 0 Å². The summed E-state index contributed by atoms with van der Waals surface area (Å²) in [5, 5.41) is 3.10. The van der Waals surface area contributed by atoms with Gasteiger partial charge in [-0.15, -0.1) is 6.58 Å². The molecule has 134 valence electrons. The van der Waals surface area contributed by atoms with E-state index in [0.717, 1.165) is 6.07 Å². The molecule has 24 heavy (non-hydrogen) atoms. The molecule has 8 heteroatoms. The van der Waals surface area contributed by atoms with Crippen LogP contribution in [0.3, 0.4) is 0 Å². The lowest BCUT2D eigenvalue weighted by molar-refractivity contribution is -0.143. The van der Waals surface area contributed by atoms with Crippen LogP contribution in [0.4, 0.5) is 26.3 Å². The van der Waals surface area contributed by atoms with Gasteiger partial charge in [-0.3, -0.25) is 4.90 Å². The van der Waals surface area contributed by atoms with E-state index in [-0.39, 0.29) is 18.1 Å². The van der Waals surface area contributed by atoms with E-state index in [1.165, 1.54) is 6.08 Å². The van der Waals surface area contributed by atoms with Crippen molar-refractivity contribution in [3.8, 4) is 0 Å². The molecule has 1 heterocycles. The Bertz CT molecular complexity index is 573.